The summed E-state index contributed by atoms with van der Waals surface area (Å²) in [5.41, 5.74) is 1.30. The molecule has 1 heterocycles. The van der Waals surface area contributed by atoms with E-state index < -0.39 is 0 Å². The lowest BCUT2D eigenvalue weighted by Crippen LogP contribution is -2.28. The van der Waals surface area contributed by atoms with Gasteiger partial charge < -0.3 is 4.90 Å². The van der Waals surface area contributed by atoms with E-state index in [9.17, 15) is 10.1 Å². The van der Waals surface area contributed by atoms with Gasteiger partial charge in [0, 0.05) is 19.2 Å². The molecule has 0 amide bonds. The van der Waals surface area contributed by atoms with E-state index >= 15 is 0 Å². The molecule has 6 nitrogen and oxygen atoms in total. The van der Waals surface area contributed by atoms with E-state index in [4.69, 9.17) is 5.26 Å². The van der Waals surface area contributed by atoms with Crippen LogP contribution in [0.5, 0.6) is 0 Å². The van der Waals surface area contributed by atoms with Crippen LogP contribution < -0.4 is 4.90 Å². The smallest absolute Gasteiger partial charge is 0.294 e. The van der Waals surface area contributed by atoms with Crippen LogP contribution in [-0.4, -0.2) is 23.0 Å². The Morgan fingerprint density at radius 3 is 2.90 bits per heavy atom. The summed E-state index contributed by atoms with van der Waals surface area (Å²) in [6.07, 6.45) is 0.307. The van der Waals surface area contributed by atoms with E-state index in [1.807, 2.05) is 13.8 Å². The molecule has 0 aliphatic heterocycles. The van der Waals surface area contributed by atoms with Crippen molar-refractivity contribution in [3.63, 3.8) is 0 Å². The third kappa shape index (κ3) is 2.56. The van der Waals surface area contributed by atoms with Gasteiger partial charge in [0.15, 0.2) is 0 Å². The quantitative estimate of drug-likeness (QED) is 0.637. The average molecular weight is 290 g/mol. The molecule has 1 aromatic carbocycles. The Balaban J connectivity index is 2.57. The summed E-state index contributed by atoms with van der Waals surface area (Å²) < 4.78 is 0.805. The zero-order chi connectivity index (χ0) is 14.9. The summed E-state index contributed by atoms with van der Waals surface area (Å²) in [5, 5.41) is 20.9. The number of nitro benzene ring substituents is 1. The highest BCUT2D eigenvalue weighted by Gasteiger charge is 2.22. The molecule has 7 heteroatoms. The Bertz CT molecular complexity index is 704. The number of hydrogen-bond acceptors (Lipinski definition) is 6. The first-order valence-corrected chi connectivity index (χ1v) is 6.91. The Kier molecular flexibility index (Phi) is 3.86. The molecule has 2 aromatic rings. The molecule has 0 aliphatic carbocycles. The fourth-order valence-corrected chi connectivity index (χ4v) is 2.84. The van der Waals surface area contributed by atoms with Crippen LogP contribution in [0, 0.1) is 28.4 Å². The second kappa shape index (κ2) is 5.43. The number of aromatic nitrogens is 1. The number of benzene rings is 1. The largest absolute Gasteiger partial charge is 0.365 e. The molecular weight excluding hydrogens is 276 g/mol. The van der Waals surface area contributed by atoms with Crippen molar-refractivity contribution in [1.29, 1.82) is 5.26 Å². The lowest BCUT2D eigenvalue weighted by Gasteiger charge is -2.24. The number of aryl methyl sites for hydroxylation is 1. The fraction of sp³-hybridized carbons (Fsp3) is 0.385. The first-order chi connectivity index (χ1) is 9.43. The molecule has 1 atom stereocenters. The van der Waals surface area contributed by atoms with E-state index in [0.717, 1.165) is 15.2 Å². The van der Waals surface area contributed by atoms with E-state index in [2.05, 4.69) is 11.1 Å². The maximum absolute atomic E-state index is 11.3. The number of rotatable bonds is 4. The van der Waals surface area contributed by atoms with E-state index in [-0.39, 0.29) is 16.7 Å². The summed E-state index contributed by atoms with van der Waals surface area (Å²) in [7, 11) is 1.76. The van der Waals surface area contributed by atoms with Gasteiger partial charge in [0.25, 0.3) is 5.69 Å². The summed E-state index contributed by atoms with van der Waals surface area (Å²) in [5.74, 6) is 0. The minimum Gasteiger partial charge on any atom is -0.365 e. The molecule has 0 fully saturated rings. The van der Waals surface area contributed by atoms with Crippen molar-refractivity contribution < 1.29 is 4.92 Å². The minimum absolute atomic E-state index is 0.0495. The molecule has 104 valence electrons. The molecule has 0 radical (unpaired) electrons. The topological polar surface area (TPSA) is 83.1 Å². The van der Waals surface area contributed by atoms with Crippen LogP contribution in [0.4, 0.5) is 11.4 Å². The highest BCUT2D eigenvalue weighted by molar-refractivity contribution is 7.18. The second-order valence-electron chi connectivity index (χ2n) is 4.62. The number of nitro groups is 1. The lowest BCUT2D eigenvalue weighted by atomic mass is 10.1. The van der Waals surface area contributed by atoms with Gasteiger partial charge >= 0.3 is 0 Å². The van der Waals surface area contributed by atoms with Crippen LogP contribution in [-0.2, 0) is 0 Å². The predicted octanol–water partition coefficient (Wildman–Crippen LogP) is 3.25. The Morgan fingerprint density at radius 2 is 2.30 bits per heavy atom. The van der Waals surface area contributed by atoms with Gasteiger partial charge in [-0.25, -0.2) is 4.98 Å². The standard InChI is InChI=1S/C13H14N4O2S/c1-8(4-5-14)16(3)11-6-10-13(20-9(2)15-10)7-12(11)17(18)19/h6-8H,4H2,1-3H3. The van der Waals surface area contributed by atoms with Crippen molar-refractivity contribution in [3.05, 3.63) is 27.3 Å². The van der Waals surface area contributed by atoms with Gasteiger partial charge in [0.05, 0.1) is 32.6 Å². The molecule has 20 heavy (non-hydrogen) atoms. The van der Waals surface area contributed by atoms with Crippen LogP contribution in [0.3, 0.4) is 0 Å². The van der Waals surface area contributed by atoms with Crippen LogP contribution in [0.15, 0.2) is 12.1 Å². The Morgan fingerprint density at radius 1 is 1.60 bits per heavy atom. The van der Waals surface area contributed by atoms with Crippen LogP contribution in [0.1, 0.15) is 18.4 Å². The molecule has 2 rings (SSSR count). The molecule has 0 saturated heterocycles. The molecular formula is C13H14N4O2S. The summed E-state index contributed by atoms with van der Waals surface area (Å²) in [6.45, 7) is 3.74. The van der Waals surface area contributed by atoms with Crippen LogP contribution >= 0.6 is 11.3 Å². The first kappa shape index (κ1) is 14.2. The Labute approximate surface area is 120 Å². The zero-order valence-electron chi connectivity index (χ0n) is 11.5. The Hall–Kier alpha value is -2.20. The summed E-state index contributed by atoms with van der Waals surface area (Å²) >= 11 is 1.44. The molecule has 0 N–H and O–H groups in total. The average Bonchev–Trinajstić information content (AvgIpc) is 2.75. The molecule has 0 aliphatic rings. The number of fused-ring (bicyclic) bond motifs is 1. The molecule has 1 unspecified atom stereocenters. The molecule has 1 aromatic heterocycles. The zero-order valence-corrected chi connectivity index (χ0v) is 12.3. The predicted molar refractivity (Wildman–Crippen MR) is 79.1 cm³/mol. The number of hydrogen-bond donors (Lipinski definition) is 0. The van der Waals surface area contributed by atoms with Crippen molar-refractivity contribution >= 4 is 32.9 Å². The minimum atomic E-state index is -0.389. The van der Waals surface area contributed by atoms with Gasteiger partial charge in [-0.15, -0.1) is 11.3 Å². The van der Waals surface area contributed by atoms with Crippen LogP contribution in [0.2, 0.25) is 0 Å². The van der Waals surface area contributed by atoms with E-state index in [1.165, 1.54) is 11.3 Å². The van der Waals surface area contributed by atoms with E-state index in [0.29, 0.717) is 12.1 Å². The van der Waals surface area contributed by atoms with Gasteiger partial charge in [-0.2, -0.15) is 5.26 Å². The van der Waals surface area contributed by atoms with E-state index in [1.54, 1.807) is 24.1 Å². The highest BCUT2D eigenvalue weighted by Crippen LogP contribution is 2.35. The maximum atomic E-state index is 11.3. The summed E-state index contributed by atoms with van der Waals surface area (Å²) in [6, 6.07) is 5.27. The van der Waals surface area contributed by atoms with Crippen LogP contribution in [0.25, 0.3) is 10.2 Å². The normalized spacial score (nSPS) is 12.1. The van der Waals surface area contributed by atoms with Crippen molar-refractivity contribution in [2.75, 3.05) is 11.9 Å². The molecule has 0 saturated carbocycles. The fourth-order valence-electron chi connectivity index (χ4n) is 2.00. The number of thiazole rings is 1. The van der Waals surface area contributed by atoms with Crippen molar-refractivity contribution in [2.24, 2.45) is 0 Å². The third-order valence-electron chi connectivity index (χ3n) is 3.22. The van der Waals surface area contributed by atoms with Crippen molar-refractivity contribution in [2.45, 2.75) is 26.3 Å². The number of nitriles is 1. The van der Waals surface area contributed by atoms with Gasteiger partial charge in [-0.1, -0.05) is 0 Å². The molecule has 0 spiro atoms. The van der Waals surface area contributed by atoms with Gasteiger partial charge in [-0.3, -0.25) is 10.1 Å². The highest BCUT2D eigenvalue weighted by atomic mass is 32.1. The summed E-state index contributed by atoms with van der Waals surface area (Å²) in [4.78, 5) is 17.0. The number of nitrogens with zero attached hydrogens (tertiary/aromatic N) is 4. The van der Waals surface area contributed by atoms with Crippen molar-refractivity contribution in [3.8, 4) is 6.07 Å². The second-order valence-corrected chi connectivity index (χ2v) is 5.86. The van der Waals surface area contributed by atoms with Gasteiger partial charge in [0.2, 0.25) is 0 Å². The van der Waals surface area contributed by atoms with Gasteiger partial charge in [-0.05, 0) is 19.9 Å². The third-order valence-corrected chi connectivity index (χ3v) is 4.15. The SMILES string of the molecule is Cc1nc2cc(N(C)C(C)CC#N)c([N+](=O)[O-])cc2s1. The van der Waals surface area contributed by atoms with Gasteiger partial charge in [0.1, 0.15) is 5.69 Å². The number of anilines is 1. The molecule has 0 bridgehead atoms. The maximum Gasteiger partial charge on any atom is 0.294 e. The van der Waals surface area contributed by atoms with Crippen molar-refractivity contribution in [1.82, 2.24) is 4.98 Å². The monoisotopic (exact) mass is 290 g/mol. The first-order valence-electron chi connectivity index (χ1n) is 6.09. The lowest BCUT2D eigenvalue weighted by molar-refractivity contribution is -0.384.